The van der Waals surface area contributed by atoms with E-state index in [-0.39, 0.29) is 18.5 Å². The first-order chi connectivity index (χ1) is 11.1. The van der Waals surface area contributed by atoms with Gasteiger partial charge in [0.25, 0.3) is 0 Å². The van der Waals surface area contributed by atoms with Gasteiger partial charge in [-0.05, 0) is 26.2 Å². The number of carbonyl (C=O) groups is 2. The molecule has 7 nitrogen and oxygen atoms in total. The van der Waals surface area contributed by atoms with Crippen molar-refractivity contribution in [1.29, 1.82) is 0 Å². The summed E-state index contributed by atoms with van der Waals surface area (Å²) in [5.74, 6) is -0.207. The number of amides is 2. The fraction of sp³-hybridized carbons (Fsp3) is 0.688. The van der Waals surface area contributed by atoms with E-state index < -0.39 is 5.97 Å². The lowest BCUT2D eigenvalue weighted by molar-refractivity contribution is 0.0527. The van der Waals surface area contributed by atoms with Crippen molar-refractivity contribution >= 4 is 17.8 Å². The molecule has 1 heterocycles. The molecule has 0 aliphatic rings. The standard InChI is InChI=1S/C16H28N4O3/c1-5-9-19(10-6-2)16(22)17-14-13(15(21)23-8-4)12-20(18-14)11-7-3/h12H,5-11H2,1-4H3,(H,17,18,22). The molecule has 1 rings (SSSR count). The maximum absolute atomic E-state index is 12.4. The lowest BCUT2D eigenvalue weighted by atomic mass is 10.3. The third-order valence-electron chi connectivity index (χ3n) is 3.21. The van der Waals surface area contributed by atoms with E-state index in [2.05, 4.69) is 10.4 Å². The number of esters is 1. The van der Waals surface area contributed by atoms with Crippen LogP contribution in [-0.2, 0) is 11.3 Å². The van der Waals surface area contributed by atoms with E-state index in [1.807, 2.05) is 20.8 Å². The van der Waals surface area contributed by atoms with E-state index in [4.69, 9.17) is 4.74 Å². The highest BCUT2D eigenvalue weighted by Crippen LogP contribution is 2.16. The molecule has 0 aliphatic heterocycles. The zero-order chi connectivity index (χ0) is 17.2. The van der Waals surface area contributed by atoms with Crippen LogP contribution < -0.4 is 5.32 Å². The summed E-state index contributed by atoms with van der Waals surface area (Å²) < 4.78 is 6.70. The number of aryl methyl sites for hydroxylation is 1. The van der Waals surface area contributed by atoms with E-state index in [1.165, 1.54) is 0 Å². The Morgan fingerprint density at radius 2 is 1.83 bits per heavy atom. The zero-order valence-electron chi connectivity index (χ0n) is 14.6. The third kappa shape index (κ3) is 5.58. The van der Waals surface area contributed by atoms with Gasteiger partial charge in [0, 0.05) is 25.8 Å². The Hall–Kier alpha value is -2.05. The van der Waals surface area contributed by atoms with Crippen LogP contribution in [-0.4, -0.2) is 46.4 Å². The van der Waals surface area contributed by atoms with Gasteiger partial charge in [-0.25, -0.2) is 9.59 Å². The Bertz CT molecular complexity index is 507. The molecule has 7 heteroatoms. The predicted octanol–water partition coefficient (Wildman–Crippen LogP) is 3.12. The SMILES string of the molecule is CCCN(CCC)C(=O)Nc1nn(CCC)cc1C(=O)OCC. The summed E-state index contributed by atoms with van der Waals surface area (Å²) in [6, 6.07) is -0.235. The number of nitrogens with zero attached hydrogens (tertiary/aromatic N) is 3. The van der Waals surface area contributed by atoms with Crippen molar-refractivity contribution in [2.45, 2.75) is 53.5 Å². The second-order valence-corrected chi connectivity index (χ2v) is 5.29. The van der Waals surface area contributed by atoms with E-state index in [0.29, 0.717) is 25.2 Å². The van der Waals surface area contributed by atoms with Gasteiger partial charge in [-0.1, -0.05) is 20.8 Å². The number of ether oxygens (including phenoxy) is 1. The Morgan fingerprint density at radius 3 is 2.35 bits per heavy atom. The molecule has 0 saturated heterocycles. The molecular formula is C16H28N4O3. The molecule has 1 aromatic heterocycles. The van der Waals surface area contributed by atoms with Gasteiger partial charge in [-0.3, -0.25) is 10.00 Å². The summed E-state index contributed by atoms with van der Waals surface area (Å²) in [6.45, 7) is 10.1. The number of aromatic nitrogens is 2. The lowest BCUT2D eigenvalue weighted by Gasteiger charge is -2.21. The number of hydrogen-bond donors (Lipinski definition) is 1. The Morgan fingerprint density at radius 1 is 1.17 bits per heavy atom. The molecule has 0 saturated carbocycles. The molecule has 0 atom stereocenters. The highest BCUT2D eigenvalue weighted by molar-refractivity contribution is 5.99. The van der Waals surface area contributed by atoms with Gasteiger partial charge in [0.15, 0.2) is 5.82 Å². The molecule has 0 fully saturated rings. The van der Waals surface area contributed by atoms with Gasteiger partial charge < -0.3 is 9.64 Å². The van der Waals surface area contributed by atoms with Gasteiger partial charge in [-0.2, -0.15) is 5.10 Å². The van der Waals surface area contributed by atoms with Crippen molar-refractivity contribution in [1.82, 2.24) is 14.7 Å². The number of urea groups is 1. The Kier molecular flexibility index (Phi) is 8.15. The highest BCUT2D eigenvalue weighted by Gasteiger charge is 2.21. The fourth-order valence-corrected chi connectivity index (χ4v) is 2.25. The minimum atomic E-state index is -0.470. The first-order valence-electron chi connectivity index (χ1n) is 8.37. The highest BCUT2D eigenvalue weighted by atomic mass is 16.5. The average molecular weight is 324 g/mol. The van der Waals surface area contributed by atoms with Gasteiger partial charge >= 0.3 is 12.0 Å². The summed E-state index contributed by atoms with van der Waals surface area (Å²) in [5.41, 5.74) is 0.293. The van der Waals surface area contributed by atoms with Crippen LogP contribution in [0.1, 0.15) is 57.3 Å². The first-order valence-corrected chi connectivity index (χ1v) is 8.37. The van der Waals surface area contributed by atoms with Crippen LogP contribution >= 0.6 is 0 Å². The van der Waals surface area contributed by atoms with Gasteiger partial charge in [0.1, 0.15) is 5.56 Å². The molecule has 2 amide bonds. The number of hydrogen-bond acceptors (Lipinski definition) is 4. The van der Waals surface area contributed by atoms with Crippen molar-refractivity contribution in [3.63, 3.8) is 0 Å². The van der Waals surface area contributed by atoms with E-state index in [0.717, 1.165) is 19.3 Å². The van der Waals surface area contributed by atoms with Crippen molar-refractivity contribution in [2.24, 2.45) is 0 Å². The van der Waals surface area contributed by atoms with Crippen molar-refractivity contribution < 1.29 is 14.3 Å². The van der Waals surface area contributed by atoms with Crippen LogP contribution in [0.5, 0.6) is 0 Å². The maximum atomic E-state index is 12.4. The molecule has 0 aliphatic carbocycles. The van der Waals surface area contributed by atoms with Crippen LogP contribution in [0.15, 0.2) is 6.20 Å². The minimum absolute atomic E-state index is 0.235. The molecule has 0 spiro atoms. The zero-order valence-corrected chi connectivity index (χ0v) is 14.6. The Labute approximate surface area is 138 Å². The molecule has 1 aromatic rings. The molecule has 0 radical (unpaired) electrons. The molecule has 0 bridgehead atoms. The first kappa shape index (κ1) is 19.0. The minimum Gasteiger partial charge on any atom is -0.462 e. The van der Waals surface area contributed by atoms with Gasteiger partial charge in [0.05, 0.1) is 6.61 Å². The van der Waals surface area contributed by atoms with E-state index in [9.17, 15) is 9.59 Å². The fourth-order valence-electron chi connectivity index (χ4n) is 2.25. The van der Waals surface area contributed by atoms with Crippen LogP contribution in [0.2, 0.25) is 0 Å². The predicted molar refractivity (Wildman–Crippen MR) is 89.6 cm³/mol. The topological polar surface area (TPSA) is 76.5 Å². The van der Waals surface area contributed by atoms with Crippen molar-refractivity contribution in [2.75, 3.05) is 25.0 Å². The third-order valence-corrected chi connectivity index (χ3v) is 3.21. The lowest BCUT2D eigenvalue weighted by Crippen LogP contribution is -2.36. The maximum Gasteiger partial charge on any atom is 0.343 e. The van der Waals surface area contributed by atoms with Crippen molar-refractivity contribution in [3.05, 3.63) is 11.8 Å². The van der Waals surface area contributed by atoms with Crippen LogP contribution in [0.25, 0.3) is 0 Å². The summed E-state index contributed by atoms with van der Waals surface area (Å²) in [5, 5.41) is 7.06. The van der Waals surface area contributed by atoms with Crippen molar-refractivity contribution in [3.8, 4) is 0 Å². The number of carbonyl (C=O) groups excluding carboxylic acids is 2. The summed E-state index contributed by atoms with van der Waals surface area (Å²) >= 11 is 0. The van der Waals surface area contributed by atoms with Crippen LogP contribution in [0, 0.1) is 0 Å². The largest absolute Gasteiger partial charge is 0.462 e. The molecule has 0 unspecified atom stereocenters. The molecular weight excluding hydrogens is 296 g/mol. The summed E-state index contributed by atoms with van der Waals surface area (Å²) in [6.07, 6.45) is 4.26. The second kappa shape index (κ2) is 9.86. The number of rotatable bonds is 9. The van der Waals surface area contributed by atoms with Gasteiger partial charge in [0.2, 0.25) is 0 Å². The Balaban J connectivity index is 2.95. The smallest absolute Gasteiger partial charge is 0.343 e. The average Bonchev–Trinajstić information content (AvgIpc) is 2.90. The summed E-state index contributed by atoms with van der Waals surface area (Å²) in [4.78, 5) is 26.2. The number of nitrogens with one attached hydrogen (secondary N) is 1. The molecule has 130 valence electrons. The monoisotopic (exact) mass is 324 g/mol. The molecule has 23 heavy (non-hydrogen) atoms. The second-order valence-electron chi connectivity index (χ2n) is 5.29. The number of anilines is 1. The van der Waals surface area contributed by atoms with E-state index >= 15 is 0 Å². The van der Waals surface area contributed by atoms with Gasteiger partial charge in [-0.15, -0.1) is 0 Å². The van der Waals surface area contributed by atoms with Crippen LogP contribution in [0.4, 0.5) is 10.6 Å². The summed E-state index contributed by atoms with van der Waals surface area (Å²) in [7, 11) is 0. The van der Waals surface area contributed by atoms with E-state index in [1.54, 1.807) is 22.7 Å². The van der Waals surface area contributed by atoms with Crippen LogP contribution in [0.3, 0.4) is 0 Å². The normalized spacial score (nSPS) is 10.4. The molecule has 1 N–H and O–H groups in total. The quantitative estimate of drug-likeness (QED) is 0.708. The molecule has 0 aromatic carbocycles.